The van der Waals surface area contributed by atoms with Gasteiger partial charge in [0.25, 0.3) is 0 Å². The van der Waals surface area contributed by atoms with E-state index in [2.05, 4.69) is 12.5 Å². The first-order chi connectivity index (χ1) is 3.00. The van der Waals surface area contributed by atoms with Gasteiger partial charge >= 0.3 is 0 Å². The van der Waals surface area contributed by atoms with Gasteiger partial charge in [-0.05, 0) is 31.8 Å². The molecule has 2 radical (unpaired) electrons. The molecule has 1 aliphatic carbocycles. The highest BCUT2D eigenvalue weighted by molar-refractivity contribution is 4.93. The Bertz CT molecular complexity index is 45.1. The van der Waals surface area contributed by atoms with Crippen molar-refractivity contribution < 1.29 is 0 Å². The third-order valence-corrected chi connectivity index (χ3v) is 0.928. The van der Waals surface area contributed by atoms with Gasteiger partial charge < -0.3 is 0 Å². The van der Waals surface area contributed by atoms with Gasteiger partial charge in [-0.1, -0.05) is 6.08 Å². The molecule has 0 nitrogen and oxygen atoms in total. The highest BCUT2D eigenvalue weighted by atomic mass is 13.9. The Morgan fingerprint density at radius 1 is 1.50 bits per heavy atom. The Balaban J connectivity index is 2.26. The zero-order valence-electron chi connectivity index (χ0n) is 3.78. The minimum Gasteiger partial charge on any atom is -0.0773 e. The molecular formula is C6H8. The molecule has 0 atom stereocenters. The Labute approximate surface area is 38.9 Å². The second kappa shape index (κ2) is 2.01. The summed E-state index contributed by atoms with van der Waals surface area (Å²) in [5, 5.41) is 0. The van der Waals surface area contributed by atoms with Gasteiger partial charge in [0.15, 0.2) is 0 Å². The van der Waals surface area contributed by atoms with Crippen LogP contribution in [0.1, 0.15) is 19.3 Å². The van der Waals surface area contributed by atoms with Gasteiger partial charge in [0.1, 0.15) is 0 Å². The molecule has 0 spiro atoms. The summed E-state index contributed by atoms with van der Waals surface area (Å²) in [5.74, 6) is 0. The normalized spacial score (nSPS) is 21.3. The lowest BCUT2D eigenvalue weighted by atomic mass is 10.1. The lowest BCUT2D eigenvalue weighted by molar-refractivity contribution is 0.802. The van der Waals surface area contributed by atoms with Crippen LogP contribution in [0.15, 0.2) is 6.08 Å². The summed E-state index contributed by atoms with van der Waals surface area (Å²) in [6.45, 7) is 0. The van der Waals surface area contributed by atoms with Crippen molar-refractivity contribution in [1.82, 2.24) is 0 Å². The Hall–Kier alpha value is -0.260. The SMILES string of the molecule is [C]1=C[CH]CCC1. The van der Waals surface area contributed by atoms with Crippen LogP contribution in [0.5, 0.6) is 0 Å². The smallest absolute Gasteiger partial charge is 0.0164 e. The zero-order chi connectivity index (χ0) is 4.24. The fourth-order valence-corrected chi connectivity index (χ4v) is 0.572. The Morgan fingerprint density at radius 2 is 2.50 bits per heavy atom. The summed E-state index contributed by atoms with van der Waals surface area (Å²) in [6, 6.07) is 0. The molecule has 0 fully saturated rings. The molecule has 0 heterocycles. The summed E-state index contributed by atoms with van der Waals surface area (Å²) >= 11 is 0. The predicted octanol–water partition coefficient (Wildman–Crippen LogP) is 1.73. The fraction of sp³-hybridized carbons (Fsp3) is 0.500. The average Bonchev–Trinajstić information content (AvgIpc) is 1.72. The number of hydrogen-bond acceptors (Lipinski definition) is 0. The van der Waals surface area contributed by atoms with Crippen LogP contribution >= 0.6 is 0 Å². The van der Waals surface area contributed by atoms with Gasteiger partial charge in [-0.2, -0.15) is 0 Å². The van der Waals surface area contributed by atoms with Crippen molar-refractivity contribution in [2.45, 2.75) is 19.3 Å². The van der Waals surface area contributed by atoms with Crippen LogP contribution in [0.2, 0.25) is 0 Å². The van der Waals surface area contributed by atoms with E-state index in [-0.39, 0.29) is 0 Å². The van der Waals surface area contributed by atoms with Gasteiger partial charge in [0, 0.05) is 0 Å². The molecule has 0 heteroatoms. The van der Waals surface area contributed by atoms with Crippen molar-refractivity contribution in [2.24, 2.45) is 0 Å². The van der Waals surface area contributed by atoms with Crippen LogP contribution < -0.4 is 0 Å². The first kappa shape index (κ1) is 3.91. The number of rotatable bonds is 0. The van der Waals surface area contributed by atoms with Crippen LogP contribution in [-0.4, -0.2) is 0 Å². The van der Waals surface area contributed by atoms with Crippen LogP contribution in [0.25, 0.3) is 0 Å². The Morgan fingerprint density at radius 3 is 2.67 bits per heavy atom. The third-order valence-electron chi connectivity index (χ3n) is 0.928. The lowest BCUT2D eigenvalue weighted by Crippen LogP contribution is -1.79. The quantitative estimate of drug-likeness (QED) is 0.415. The minimum atomic E-state index is 1.16. The topological polar surface area (TPSA) is 0 Å². The maximum Gasteiger partial charge on any atom is -0.0164 e. The van der Waals surface area contributed by atoms with Gasteiger partial charge in [-0.25, -0.2) is 0 Å². The Kier molecular flexibility index (Phi) is 1.31. The predicted molar refractivity (Wildman–Crippen MR) is 26.0 cm³/mol. The molecule has 0 unspecified atom stereocenters. The highest BCUT2D eigenvalue weighted by Crippen LogP contribution is 2.05. The summed E-state index contributed by atoms with van der Waals surface area (Å²) in [7, 11) is 0. The van der Waals surface area contributed by atoms with Gasteiger partial charge in [-0.3, -0.25) is 0 Å². The third kappa shape index (κ3) is 0.852. The van der Waals surface area contributed by atoms with E-state index in [0.29, 0.717) is 0 Å². The van der Waals surface area contributed by atoms with E-state index < -0.39 is 0 Å². The first-order valence-corrected chi connectivity index (χ1v) is 2.38. The van der Waals surface area contributed by atoms with Crippen molar-refractivity contribution in [3.8, 4) is 0 Å². The number of hydrogen-bond donors (Lipinski definition) is 0. The molecular weight excluding hydrogens is 72.1 g/mol. The molecule has 1 rings (SSSR count). The van der Waals surface area contributed by atoms with Crippen LogP contribution in [0, 0.1) is 12.5 Å². The van der Waals surface area contributed by atoms with Crippen molar-refractivity contribution in [2.75, 3.05) is 0 Å². The van der Waals surface area contributed by atoms with E-state index in [0.717, 1.165) is 6.42 Å². The van der Waals surface area contributed by atoms with E-state index in [4.69, 9.17) is 0 Å². The van der Waals surface area contributed by atoms with Crippen molar-refractivity contribution in [3.63, 3.8) is 0 Å². The molecule has 32 valence electrons. The molecule has 6 heavy (non-hydrogen) atoms. The van der Waals surface area contributed by atoms with Gasteiger partial charge in [-0.15, -0.1) is 0 Å². The van der Waals surface area contributed by atoms with Crippen molar-refractivity contribution in [3.05, 3.63) is 18.6 Å². The lowest BCUT2D eigenvalue weighted by Gasteiger charge is -1.96. The van der Waals surface area contributed by atoms with Gasteiger partial charge in [0.2, 0.25) is 0 Å². The molecule has 1 aliphatic rings. The van der Waals surface area contributed by atoms with Gasteiger partial charge in [0.05, 0.1) is 0 Å². The van der Waals surface area contributed by atoms with E-state index in [1.807, 2.05) is 6.08 Å². The maximum absolute atomic E-state index is 3.10. The molecule has 0 aromatic carbocycles. The molecule has 0 aromatic heterocycles. The molecule has 0 saturated heterocycles. The fourth-order valence-electron chi connectivity index (χ4n) is 0.572. The maximum atomic E-state index is 3.10. The monoisotopic (exact) mass is 80.1 g/mol. The molecule has 0 aromatic rings. The summed E-state index contributed by atoms with van der Waals surface area (Å²) < 4.78 is 0. The zero-order valence-corrected chi connectivity index (χ0v) is 3.78. The van der Waals surface area contributed by atoms with E-state index in [1.165, 1.54) is 12.8 Å². The number of allylic oxidation sites excluding steroid dienone is 2. The van der Waals surface area contributed by atoms with Crippen molar-refractivity contribution in [1.29, 1.82) is 0 Å². The second-order valence-corrected chi connectivity index (χ2v) is 1.50. The minimum absolute atomic E-state index is 1.16. The summed E-state index contributed by atoms with van der Waals surface area (Å²) in [5.41, 5.74) is 0. The first-order valence-electron chi connectivity index (χ1n) is 2.38. The second-order valence-electron chi connectivity index (χ2n) is 1.50. The van der Waals surface area contributed by atoms with Crippen LogP contribution in [0.4, 0.5) is 0 Å². The summed E-state index contributed by atoms with van der Waals surface area (Å²) in [4.78, 5) is 0. The average molecular weight is 80.1 g/mol. The molecule has 0 N–H and O–H groups in total. The van der Waals surface area contributed by atoms with E-state index in [1.54, 1.807) is 0 Å². The van der Waals surface area contributed by atoms with E-state index in [9.17, 15) is 0 Å². The van der Waals surface area contributed by atoms with Crippen LogP contribution in [-0.2, 0) is 0 Å². The van der Waals surface area contributed by atoms with Crippen LogP contribution in [0.3, 0.4) is 0 Å². The molecule has 0 bridgehead atoms. The molecule has 0 aliphatic heterocycles. The molecule has 0 amide bonds. The highest BCUT2D eigenvalue weighted by Gasteiger charge is 1.88. The van der Waals surface area contributed by atoms with E-state index >= 15 is 0 Å². The molecule has 0 saturated carbocycles. The largest absolute Gasteiger partial charge is 0.0773 e. The summed E-state index contributed by atoms with van der Waals surface area (Å²) in [6.07, 6.45) is 11.0. The van der Waals surface area contributed by atoms with Crippen molar-refractivity contribution >= 4 is 0 Å². The standard InChI is InChI=1S/C6H8/c1-2-4-6-5-3-1/h1-2H,3,5-6H2.